The zero-order valence-corrected chi connectivity index (χ0v) is 12.2. The second-order valence-electron chi connectivity index (χ2n) is 5.48. The topological polar surface area (TPSA) is 64.3 Å². The molecule has 0 aliphatic carbocycles. The molecule has 1 rings (SSSR count). The van der Waals surface area contributed by atoms with Crippen LogP contribution in [0.25, 0.3) is 0 Å². The molecule has 1 aromatic rings. The molecule has 4 heteroatoms. The van der Waals surface area contributed by atoms with E-state index in [0.29, 0.717) is 18.7 Å². The summed E-state index contributed by atoms with van der Waals surface area (Å²) >= 11 is 0. The number of methoxy groups -OCH3 is 1. The first kappa shape index (κ1) is 15.5. The van der Waals surface area contributed by atoms with Gasteiger partial charge in [-0.3, -0.25) is 4.79 Å². The number of ether oxygens (including phenoxy) is 1. The molecule has 0 aliphatic heterocycles. The number of benzene rings is 1. The molecule has 0 spiro atoms. The molecule has 0 bridgehead atoms. The van der Waals surface area contributed by atoms with Crippen LogP contribution in [0.5, 0.6) is 5.75 Å². The van der Waals surface area contributed by atoms with E-state index in [-0.39, 0.29) is 11.3 Å². The lowest BCUT2D eigenvalue weighted by Gasteiger charge is -2.21. The van der Waals surface area contributed by atoms with E-state index in [2.05, 4.69) is 12.2 Å². The molecule has 0 heterocycles. The van der Waals surface area contributed by atoms with E-state index < -0.39 is 0 Å². The summed E-state index contributed by atoms with van der Waals surface area (Å²) in [6.07, 6.45) is 1.31. The largest absolute Gasteiger partial charge is 0.495 e. The van der Waals surface area contributed by atoms with Crippen LogP contribution in [0, 0.1) is 5.41 Å². The Hall–Kier alpha value is -1.55. The molecular weight excluding hydrogens is 240 g/mol. The number of rotatable bonds is 6. The maximum Gasteiger partial charge on any atom is 0.225 e. The summed E-state index contributed by atoms with van der Waals surface area (Å²) < 4.78 is 5.26. The van der Waals surface area contributed by atoms with E-state index in [4.69, 9.17) is 10.5 Å². The zero-order valence-electron chi connectivity index (χ0n) is 12.2. The highest BCUT2D eigenvalue weighted by atomic mass is 16.5. The average molecular weight is 264 g/mol. The molecule has 0 saturated carbocycles. The molecule has 0 saturated heterocycles. The van der Waals surface area contributed by atoms with Crippen molar-refractivity contribution in [3.8, 4) is 5.75 Å². The van der Waals surface area contributed by atoms with Gasteiger partial charge in [-0.15, -0.1) is 0 Å². The van der Waals surface area contributed by atoms with Gasteiger partial charge in [-0.25, -0.2) is 0 Å². The number of aryl methyl sites for hydroxylation is 1. The quantitative estimate of drug-likeness (QED) is 0.830. The molecule has 19 heavy (non-hydrogen) atoms. The fourth-order valence-electron chi connectivity index (χ4n) is 1.77. The highest BCUT2D eigenvalue weighted by Gasteiger charge is 2.20. The van der Waals surface area contributed by atoms with Crippen LogP contribution in [0.4, 0.5) is 5.69 Å². The van der Waals surface area contributed by atoms with Crippen LogP contribution in [0.3, 0.4) is 0 Å². The van der Waals surface area contributed by atoms with E-state index in [0.717, 1.165) is 17.7 Å². The van der Waals surface area contributed by atoms with E-state index in [1.54, 1.807) is 7.11 Å². The average Bonchev–Trinajstić information content (AvgIpc) is 2.37. The van der Waals surface area contributed by atoms with Crippen LogP contribution >= 0.6 is 0 Å². The maximum absolute atomic E-state index is 12.0. The standard InChI is InChI=1S/C15H24N2O2/c1-5-11-6-7-13(19-4)12(8-11)17-14(18)9-15(2,3)10-16/h6-8H,5,9-10,16H2,1-4H3,(H,17,18). The predicted molar refractivity (Wildman–Crippen MR) is 78.5 cm³/mol. The molecular formula is C15H24N2O2. The molecule has 1 amide bonds. The number of anilines is 1. The van der Waals surface area contributed by atoms with Crippen LogP contribution in [0.15, 0.2) is 18.2 Å². The van der Waals surface area contributed by atoms with Crippen molar-refractivity contribution >= 4 is 11.6 Å². The van der Waals surface area contributed by atoms with Crippen molar-refractivity contribution < 1.29 is 9.53 Å². The van der Waals surface area contributed by atoms with E-state index in [1.165, 1.54) is 0 Å². The van der Waals surface area contributed by atoms with Gasteiger partial charge in [0.2, 0.25) is 5.91 Å². The van der Waals surface area contributed by atoms with E-state index in [9.17, 15) is 4.79 Å². The molecule has 0 radical (unpaired) electrons. The lowest BCUT2D eigenvalue weighted by atomic mass is 9.89. The zero-order chi connectivity index (χ0) is 14.5. The number of carbonyl (C=O) groups excluding carboxylic acids is 1. The Morgan fingerprint density at radius 1 is 1.42 bits per heavy atom. The van der Waals surface area contributed by atoms with Crippen molar-refractivity contribution in [1.82, 2.24) is 0 Å². The molecule has 0 aliphatic rings. The Labute approximate surface area is 115 Å². The first-order chi connectivity index (χ1) is 8.91. The second kappa shape index (κ2) is 6.57. The van der Waals surface area contributed by atoms with Gasteiger partial charge in [0.1, 0.15) is 5.75 Å². The van der Waals surface area contributed by atoms with Gasteiger partial charge >= 0.3 is 0 Å². The third kappa shape index (κ3) is 4.56. The van der Waals surface area contributed by atoms with Crippen molar-refractivity contribution in [2.75, 3.05) is 19.0 Å². The minimum absolute atomic E-state index is 0.0398. The van der Waals surface area contributed by atoms with Crippen molar-refractivity contribution in [2.24, 2.45) is 11.1 Å². The van der Waals surface area contributed by atoms with Crippen LogP contribution in [0.2, 0.25) is 0 Å². The summed E-state index contributed by atoms with van der Waals surface area (Å²) in [5.41, 5.74) is 7.33. The summed E-state index contributed by atoms with van der Waals surface area (Å²) in [7, 11) is 1.60. The number of nitrogens with one attached hydrogen (secondary N) is 1. The number of hydrogen-bond donors (Lipinski definition) is 2. The second-order valence-corrected chi connectivity index (χ2v) is 5.48. The molecule has 0 unspecified atom stereocenters. The van der Waals surface area contributed by atoms with Crippen molar-refractivity contribution in [3.63, 3.8) is 0 Å². The SMILES string of the molecule is CCc1ccc(OC)c(NC(=O)CC(C)(C)CN)c1. The molecule has 4 nitrogen and oxygen atoms in total. The van der Waals surface area contributed by atoms with Crippen molar-refractivity contribution in [1.29, 1.82) is 0 Å². The Balaban J connectivity index is 2.83. The molecule has 0 atom stereocenters. The Bertz CT molecular complexity index is 442. The van der Waals surface area contributed by atoms with Gasteiger partial charge in [-0.2, -0.15) is 0 Å². The van der Waals surface area contributed by atoms with Gasteiger partial charge in [0.25, 0.3) is 0 Å². The van der Waals surface area contributed by atoms with Gasteiger partial charge in [0, 0.05) is 6.42 Å². The van der Waals surface area contributed by atoms with Gasteiger partial charge in [-0.1, -0.05) is 26.8 Å². The minimum Gasteiger partial charge on any atom is -0.495 e. The van der Waals surface area contributed by atoms with E-state index >= 15 is 0 Å². The Morgan fingerprint density at radius 3 is 2.63 bits per heavy atom. The highest BCUT2D eigenvalue weighted by Crippen LogP contribution is 2.27. The van der Waals surface area contributed by atoms with Gasteiger partial charge in [-0.05, 0) is 36.1 Å². The lowest BCUT2D eigenvalue weighted by Crippen LogP contribution is -2.29. The fourth-order valence-corrected chi connectivity index (χ4v) is 1.77. The molecule has 0 fully saturated rings. The minimum atomic E-state index is -0.195. The monoisotopic (exact) mass is 264 g/mol. The smallest absolute Gasteiger partial charge is 0.225 e. The first-order valence-electron chi connectivity index (χ1n) is 6.58. The first-order valence-corrected chi connectivity index (χ1v) is 6.58. The molecule has 106 valence electrons. The summed E-state index contributed by atoms with van der Waals surface area (Å²) in [6, 6.07) is 5.83. The maximum atomic E-state index is 12.0. The summed E-state index contributed by atoms with van der Waals surface area (Å²) in [5, 5.41) is 2.91. The summed E-state index contributed by atoms with van der Waals surface area (Å²) in [4.78, 5) is 12.0. The molecule has 0 aromatic heterocycles. The normalized spacial score (nSPS) is 11.2. The number of carbonyl (C=O) groups is 1. The van der Waals surface area contributed by atoms with Gasteiger partial charge < -0.3 is 15.8 Å². The van der Waals surface area contributed by atoms with Gasteiger partial charge in [0.15, 0.2) is 0 Å². The lowest BCUT2D eigenvalue weighted by molar-refractivity contribution is -0.117. The van der Waals surface area contributed by atoms with Crippen LogP contribution in [0.1, 0.15) is 32.8 Å². The molecule has 3 N–H and O–H groups in total. The van der Waals surface area contributed by atoms with E-state index in [1.807, 2.05) is 32.0 Å². The Kier molecular flexibility index (Phi) is 5.36. The van der Waals surface area contributed by atoms with Crippen molar-refractivity contribution in [3.05, 3.63) is 23.8 Å². The van der Waals surface area contributed by atoms with Crippen LogP contribution < -0.4 is 15.8 Å². The number of amides is 1. The van der Waals surface area contributed by atoms with Crippen LogP contribution in [-0.4, -0.2) is 19.6 Å². The third-order valence-corrected chi connectivity index (χ3v) is 3.14. The Morgan fingerprint density at radius 2 is 2.11 bits per heavy atom. The number of nitrogens with two attached hydrogens (primary N) is 1. The van der Waals surface area contributed by atoms with Gasteiger partial charge in [0.05, 0.1) is 12.8 Å². The molecule has 1 aromatic carbocycles. The fraction of sp³-hybridized carbons (Fsp3) is 0.533. The predicted octanol–water partition coefficient (Wildman–Crippen LogP) is 2.57. The summed E-state index contributed by atoms with van der Waals surface area (Å²) in [6.45, 7) is 6.51. The highest BCUT2D eigenvalue weighted by molar-refractivity contribution is 5.92. The van der Waals surface area contributed by atoms with Crippen LogP contribution in [-0.2, 0) is 11.2 Å². The summed E-state index contributed by atoms with van der Waals surface area (Å²) in [5.74, 6) is 0.637. The third-order valence-electron chi connectivity index (χ3n) is 3.14. The van der Waals surface area contributed by atoms with Crippen molar-refractivity contribution in [2.45, 2.75) is 33.6 Å². The number of hydrogen-bond acceptors (Lipinski definition) is 3.